The van der Waals surface area contributed by atoms with Crippen molar-refractivity contribution in [2.24, 2.45) is 0 Å². The van der Waals surface area contributed by atoms with Gasteiger partial charge in [0.15, 0.2) is 5.82 Å². The first-order valence-electron chi connectivity index (χ1n) is 5.98. The summed E-state index contributed by atoms with van der Waals surface area (Å²) in [5, 5.41) is 24.2. The third kappa shape index (κ3) is 2.38. The lowest BCUT2D eigenvalue weighted by Crippen LogP contribution is -2.29. The molecular formula is C10H19N5O. The molecule has 6 nitrogen and oxygen atoms in total. The molecule has 0 aromatic carbocycles. The summed E-state index contributed by atoms with van der Waals surface area (Å²) in [5.74, 6) is 0.907. The fourth-order valence-corrected chi connectivity index (χ4v) is 2.09. The van der Waals surface area contributed by atoms with Gasteiger partial charge < -0.3 is 10.4 Å². The van der Waals surface area contributed by atoms with E-state index in [1.165, 1.54) is 0 Å². The molecule has 1 aromatic rings. The number of aromatic nitrogens is 4. The molecule has 6 heteroatoms. The zero-order chi connectivity index (χ0) is 11.4. The lowest BCUT2D eigenvalue weighted by molar-refractivity contribution is 0.250. The molecule has 0 saturated carbocycles. The lowest BCUT2D eigenvalue weighted by Gasteiger charge is -2.12. The number of nitrogens with one attached hydrogen (secondary N) is 1. The third-order valence-corrected chi connectivity index (χ3v) is 3.06. The van der Waals surface area contributed by atoms with Crippen LogP contribution in [-0.2, 0) is 6.54 Å². The van der Waals surface area contributed by atoms with Gasteiger partial charge in [-0.3, -0.25) is 0 Å². The highest BCUT2D eigenvalue weighted by Crippen LogP contribution is 2.24. The van der Waals surface area contributed by atoms with Crippen molar-refractivity contribution in [1.82, 2.24) is 25.5 Å². The van der Waals surface area contributed by atoms with Crippen molar-refractivity contribution >= 4 is 0 Å². The van der Waals surface area contributed by atoms with E-state index in [4.69, 9.17) is 5.11 Å². The first-order valence-corrected chi connectivity index (χ1v) is 5.98. The van der Waals surface area contributed by atoms with E-state index in [2.05, 4.69) is 27.8 Å². The fraction of sp³-hybridized carbons (Fsp3) is 0.900. The summed E-state index contributed by atoms with van der Waals surface area (Å²) in [6.45, 7) is 3.22. The minimum atomic E-state index is 0.188. The Bertz CT molecular complexity index is 327. The van der Waals surface area contributed by atoms with Crippen LogP contribution >= 0.6 is 0 Å². The first kappa shape index (κ1) is 11.5. The quantitative estimate of drug-likeness (QED) is 0.751. The van der Waals surface area contributed by atoms with Gasteiger partial charge in [-0.1, -0.05) is 13.3 Å². The van der Waals surface area contributed by atoms with E-state index < -0.39 is 0 Å². The minimum absolute atomic E-state index is 0.188. The number of nitrogens with zero attached hydrogens (tertiary/aromatic N) is 4. The van der Waals surface area contributed by atoms with Gasteiger partial charge in [-0.15, -0.1) is 5.10 Å². The molecule has 2 atom stereocenters. The third-order valence-electron chi connectivity index (χ3n) is 3.06. The number of tetrazole rings is 1. The zero-order valence-electron chi connectivity index (χ0n) is 9.63. The second kappa shape index (κ2) is 5.36. The van der Waals surface area contributed by atoms with Crippen LogP contribution in [0.15, 0.2) is 0 Å². The highest BCUT2D eigenvalue weighted by molar-refractivity contribution is 4.97. The molecular weight excluding hydrogens is 206 g/mol. The number of aliphatic hydroxyl groups is 1. The SMILES string of the molecule is CCCCn1nnnc1[C@H]1CC[C@@H](CO)N1. The number of hydrogen-bond acceptors (Lipinski definition) is 5. The maximum Gasteiger partial charge on any atom is 0.168 e. The maximum absolute atomic E-state index is 9.07. The number of aliphatic hydroxyl groups excluding tert-OH is 1. The minimum Gasteiger partial charge on any atom is -0.395 e. The van der Waals surface area contributed by atoms with Gasteiger partial charge in [0.05, 0.1) is 12.6 Å². The largest absolute Gasteiger partial charge is 0.395 e. The van der Waals surface area contributed by atoms with Crippen molar-refractivity contribution in [2.75, 3.05) is 6.61 Å². The van der Waals surface area contributed by atoms with Gasteiger partial charge in [-0.2, -0.15) is 0 Å². The highest BCUT2D eigenvalue weighted by atomic mass is 16.3. The second-order valence-corrected chi connectivity index (χ2v) is 4.29. The Labute approximate surface area is 95.0 Å². The predicted octanol–water partition coefficient (Wildman–Crippen LogP) is 0.259. The predicted molar refractivity (Wildman–Crippen MR) is 58.7 cm³/mol. The fourth-order valence-electron chi connectivity index (χ4n) is 2.09. The molecule has 1 aromatic heterocycles. The number of aryl methyl sites for hydroxylation is 1. The molecule has 0 bridgehead atoms. The molecule has 1 aliphatic heterocycles. The van der Waals surface area contributed by atoms with E-state index in [-0.39, 0.29) is 18.7 Å². The number of rotatable bonds is 5. The molecule has 0 aliphatic carbocycles. The average molecular weight is 225 g/mol. The van der Waals surface area contributed by atoms with Gasteiger partial charge in [0.25, 0.3) is 0 Å². The van der Waals surface area contributed by atoms with Crippen molar-refractivity contribution in [2.45, 2.75) is 51.2 Å². The van der Waals surface area contributed by atoms with Crippen molar-refractivity contribution in [3.8, 4) is 0 Å². The Morgan fingerprint density at radius 1 is 1.50 bits per heavy atom. The molecule has 1 fully saturated rings. The van der Waals surface area contributed by atoms with Crippen LogP contribution in [0.5, 0.6) is 0 Å². The summed E-state index contributed by atoms with van der Waals surface area (Å²) in [4.78, 5) is 0. The summed E-state index contributed by atoms with van der Waals surface area (Å²) < 4.78 is 1.88. The molecule has 1 aliphatic rings. The smallest absolute Gasteiger partial charge is 0.168 e. The van der Waals surface area contributed by atoms with Crippen molar-refractivity contribution in [3.05, 3.63) is 5.82 Å². The molecule has 0 unspecified atom stereocenters. The molecule has 90 valence electrons. The Morgan fingerprint density at radius 3 is 3.06 bits per heavy atom. The summed E-state index contributed by atoms with van der Waals surface area (Å²) in [7, 11) is 0. The van der Waals surface area contributed by atoms with Gasteiger partial charge in [0, 0.05) is 12.6 Å². The van der Waals surface area contributed by atoms with Crippen LogP contribution in [0.1, 0.15) is 44.5 Å². The van der Waals surface area contributed by atoms with Gasteiger partial charge in [0.1, 0.15) is 0 Å². The number of hydrogen-bond donors (Lipinski definition) is 2. The topological polar surface area (TPSA) is 75.9 Å². The molecule has 1 saturated heterocycles. The first-order chi connectivity index (χ1) is 7.85. The standard InChI is InChI=1S/C10H19N5O/c1-2-3-6-15-10(12-13-14-15)9-5-4-8(7-16)11-9/h8-9,11,16H,2-7H2,1H3/t8-,9+/m0/s1. The van der Waals surface area contributed by atoms with Gasteiger partial charge in [0.2, 0.25) is 0 Å². The maximum atomic E-state index is 9.07. The zero-order valence-corrected chi connectivity index (χ0v) is 9.63. The molecule has 0 radical (unpaired) electrons. The van der Waals surface area contributed by atoms with E-state index in [1.807, 2.05) is 4.68 Å². The average Bonchev–Trinajstić information content (AvgIpc) is 2.94. The highest BCUT2D eigenvalue weighted by Gasteiger charge is 2.28. The monoisotopic (exact) mass is 225 g/mol. The Balaban J connectivity index is 2.00. The Hall–Kier alpha value is -1.01. The van der Waals surface area contributed by atoms with Crippen LogP contribution < -0.4 is 5.32 Å². The van der Waals surface area contributed by atoms with Gasteiger partial charge in [-0.25, -0.2) is 4.68 Å². The van der Waals surface area contributed by atoms with Crippen LogP contribution in [-0.4, -0.2) is 38.0 Å². The van der Waals surface area contributed by atoms with Gasteiger partial charge >= 0.3 is 0 Å². The van der Waals surface area contributed by atoms with Crippen LogP contribution in [0, 0.1) is 0 Å². The number of unbranched alkanes of at least 4 members (excludes halogenated alkanes) is 1. The molecule has 16 heavy (non-hydrogen) atoms. The summed E-state index contributed by atoms with van der Waals surface area (Å²) in [6.07, 6.45) is 4.21. The lowest BCUT2D eigenvalue weighted by atomic mass is 10.2. The molecule has 2 N–H and O–H groups in total. The summed E-state index contributed by atoms with van der Waals surface area (Å²) in [5.41, 5.74) is 0. The normalized spacial score (nSPS) is 25.1. The van der Waals surface area contributed by atoms with Crippen LogP contribution in [0.3, 0.4) is 0 Å². The summed E-state index contributed by atoms with van der Waals surface area (Å²) >= 11 is 0. The van der Waals surface area contributed by atoms with E-state index in [1.54, 1.807) is 0 Å². The molecule has 2 rings (SSSR count). The van der Waals surface area contributed by atoms with Crippen molar-refractivity contribution < 1.29 is 5.11 Å². The Kier molecular flexibility index (Phi) is 3.84. The molecule has 2 heterocycles. The molecule has 0 amide bonds. The van der Waals surface area contributed by atoms with Crippen LogP contribution in [0.2, 0.25) is 0 Å². The van der Waals surface area contributed by atoms with E-state index in [9.17, 15) is 0 Å². The second-order valence-electron chi connectivity index (χ2n) is 4.29. The Morgan fingerprint density at radius 2 is 2.38 bits per heavy atom. The molecule has 0 spiro atoms. The van der Waals surface area contributed by atoms with Crippen molar-refractivity contribution in [1.29, 1.82) is 0 Å². The van der Waals surface area contributed by atoms with Gasteiger partial charge in [-0.05, 0) is 29.7 Å². The van der Waals surface area contributed by atoms with E-state index >= 15 is 0 Å². The van der Waals surface area contributed by atoms with E-state index in [0.717, 1.165) is 38.1 Å². The summed E-state index contributed by atoms with van der Waals surface area (Å²) in [6, 6.07) is 0.394. The van der Waals surface area contributed by atoms with Crippen LogP contribution in [0.4, 0.5) is 0 Å². The van der Waals surface area contributed by atoms with E-state index in [0.29, 0.717) is 0 Å². The van der Waals surface area contributed by atoms with Crippen LogP contribution in [0.25, 0.3) is 0 Å². The van der Waals surface area contributed by atoms with Crippen molar-refractivity contribution in [3.63, 3.8) is 0 Å².